The second-order valence-electron chi connectivity index (χ2n) is 6.36. The summed E-state index contributed by atoms with van der Waals surface area (Å²) in [5.41, 5.74) is 7.07. The molecule has 2 nitrogen and oxygen atoms in total. The Morgan fingerprint density at radius 1 is 1.33 bits per heavy atom. The molecule has 0 aromatic heterocycles. The Balaban J connectivity index is 2.05. The lowest BCUT2D eigenvalue weighted by Gasteiger charge is -2.42. The zero-order valence-electron chi connectivity index (χ0n) is 13.4. The molecule has 1 aromatic carbocycles. The average Bonchev–Trinajstić information content (AvgIpc) is 2.48. The zero-order valence-corrected chi connectivity index (χ0v) is 13.4. The van der Waals surface area contributed by atoms with Crippen molar-refractivity contribution in [1.29, 1.82) is 0 Å². The van der Waals surface area contributed by atoms with Gasteiger partial charge in [0.05, 0.1) is 0 Å². The molecule has 2 rings (SSSR count). The minimum atomic E-state index is -0.139. The SMILES string of the molecule is CCN(C(C)Cc1cccc(F)c1)C1CCCCC1CN. The van der Waals surface area contributed by atoms with Crippen molar-refractivity contribution in [3.63, 3.8) is 0 Å². The molecule has 1 fully saturated rings. The number of halogens is 1. The Morgan fingerprint density at radius 2 is 2.10 bits per heavy atom. The number of benzene rings is 1. The number of rotatable bonds is 6. The van der Waals surface area contributed by atoms with Crippen molar-refractivity contribution >= 4 is 0 Å². The van der Waals surface area contributed by atoms with Crippen LogP contribution in [0.3, 0.4) is 0 Å². The fraction of sp³-hybridized carbons (Fsp3) is 0.667. The lowest BCUT2D eigenvalue weighted by atomic mass is 9.82. The van der Waals surface area contributed by atoms with Crippen LogP contribution in [-0.4, -0.2) is 30.1 Å². The predicted octanol–water partition coefficient (Wildman–Crippen LogP) is 3.60. The van der Waals surface area contributed by atoms with Gasteiger partial charge in [-0.3, -0.25) is 4.90 Å². The van der Waals surface area contributed by atoms with Crippen molar-refractivity contribution in [1.82, 2.24) is 4.90 Å². The maximum atomic E-state index is 13.3. The van der Waals surface area contributed by atoms with E-state index in [-0.39, 0.29) is 5.82 Å². The zero-order chi connectivity index (χ0) is 15.2. The minimum absolute atomic E-state index is 0.139. The highest BCUT2D eigenvalue weighted by molar-refractivity contribution is 5.17. The first-order chi connectivity index (χ1) is 10.2. The van der Waals surface area contributed by atoms with E-state index in [2.05, 4.69) is 18.7 Å². The van der Waals surface area contributed by atoms with Crippen LogP contribution in [0.4, 0.5) is 4.39 Å². The summed E-state index contributed by atoms with van der Waals surface area (Å²) in [5.74, 6) is 0.480. The Kier molecular flexibility index (Phi) is 6.19. The summed E-state index contributed by atoms with van der Waals surface area (Å²) in [6.07, 6.45) is 6.03. The van der Waals surface area contributed by atoms with Gasteiger partial charge in [-0.25, -0.2) is 4.39 Å². The normalized spacial score (nSPS) is 24.2. The van der Waals surface area contributed by atoms with E-state index in [9.17, 15) is 4.39 Å². The summed E-state index contributed by atoms with van der Waals surface area (Å²) in [5, 5.41) is 0. The molecule has 118 valence electrons. The standard InChI is InChI=1S/C18H29FN2/c1-3-21(18-10-5-4-8-16(18)13-20)14(2)11-15-7-6-9-17(19)12-15/h6-7,9,12,14,16,18H,3-5,8,10-11,13,20H2,1-2H3. The van der Waals surface area contributed by atoms with Crippen molar-refractivity contribution in [2.75, 3.05) is 13.1 Å². The van der Waals surface area contributed by atoms with E-state index in [0.29, 0.717) is 18.0 Å². The molecule has 0 amide bonds. The monoisotopic (exact) mass is 292 g/mol. The van der Waals surface area contributed by atoms with Gasteiger partial charge >= 0.3 is 0 Å². The minimum Gasteiger partial charge on any atom is -0.330 e. The molecule has 0 aliphatic heterocycles. The molecule has 1 saturated carbocycles. The van der Waals surface area contributed by atoms with Crippen LogP contribution in [-0.2, 0) is 6.42 Å². The lowest BCUT2D eigenvalue weighted by Crippen LogP contribution is -2.49. The molecule has 0 saturated heterocycles. The third kappa shape index (κ3) is 4.27. The summed E-state index contributed by atoms with van der Waals surface area (Å²) in [7, 11) is 0. The number of nitrogens with zero attached hydrogens (tertiary/aromatic N) is 1. The summed E-state index contributed by atoms with van der Waals surface area (Å²) in [4.78, 5) is 2.58. The molecule has 21 heavy (non-hydrogen) atoms. The summed E-state index contributed by atoms with van der Waals surface area (Å²) in [6.45, 7) is 6.31. The van der Waals surface area contributed by atoms with E-state index in [1.54, 1.807) is 12.1 Å². The van der Waals surface area contributed by atoms with Crippen LogP contribution in [0.2, 0.25) is 0 Å². The highest BCUT2D eigenvalue weighted by Gasteiger charge is 2.30. The molecule has 1 aliphatic carbocycles. The first kappa shape index (κ1) is 16.4. The Bertz CT molecular complexity index is 435. The molecule has 3 unspecified atom stereocenters. The number of likely N-dealkylation sites (N-methyl/N-ethyl adjacent to an activating group) is 1. The Hall–Kier alpha value is -0.930. The molecule has 0 radical (unpaired) electrons. The predicted molar refractivity (Wildman–Crippen MR) is 86.7 cm³/mol. The topological polar surface area (TPSA) is 29.3 Å². The van der Waals surface area contributed by atoms with Crippen LogP contribution in [0.5, 0.6) is 0 Å². The van der Waals surface area contributed by atoms with Crippen LogP contribution >= 0.6 is 0 Å². The second-order valence-corrected chi connectivity index (χ2v) is 6.36. The van der Waals surface area contributed by atoms with E-state index in [1.165, 1.54) is 31.7 Å². The van der Waals surface area contributed by atoms with Gasteiger partial charge in [0.25, 0.3) is 0 Å². The highest BCUT2D eigenvalue weighted by atomic mass is 19.1. The summed E-state index contributed by atoms with van der Waals surface area (Å²) >= 11 is 0. The van der Waals surface area contributed by atoms with Gasteiger partial charge in [-0.15, -0.1) is 0 Å². The molecule has 3 heteroatoms. The number of hydrogen-bond donors (Lipinski definition) is 1. The summed E-state index contributed by atoms with van der Waals surface area (Å²) in [6, 6.07) is 8.01. The van der Waals surface area contributed by atoms with Gasteiger partial charge < -0.3 is 5.73 Å². The molecular weight excluding hydrogens is 263 g/mol. The third-order valence-electron chi connectivity index (χ3n) is 4.95. The fourth-order valence-electron chi connectivity index (χ4n) is 3.89. The largest absolute Gasteiger partial charge is 0.330 e. The molecule has 0 bridgehead atoms. The van der Waals surface area contributed by atoms with Crippen LogP contribution in [0.1, 0.15) is 45.1 Å². The quantitative estimate of drug-likeness (QED) is 0.868. The van der Waals surface area contributed by atoms with E-state index in [4.69, 9.17) is 5.73 Å². The van der Waals surface area contributed by atoms with Gasteiger partial charge in [-0.2, -0.15) is 0 Å². The van der Waals surface area contributed by atoms with E-state index >= 15 is 0 Å². The highest BCUT2D eigenvalue weighted by Crippen LogP contribution is 2.29. The smallest absolute Gasteiger partial charge is 0.123 e. The molecule has 0 spiro atoms. The van der Waals surface area contributed by atoms with Crippen molar-refractivity contribution in [3.8, 4) is 0 Å². The summed E-state index contributed by atoms with van der Waals surface area (Å²) < 4.78 is 13.3. The van der Waals surface area contributed by atoms with E-state index < -0.39 is 0 Å². The molecule has 0 heterocycles. The van der Waals surface area contributed by atoms with Crippen molar-refractivity contribution in [3.05, 3.63) is 35.6 Å². The van der Waals surface area contributed by atoms with Gasteiger partial charge in [-0.1, -0.05) is 31.9 Å². The molecular formula is C18H29FN2. The number of hydrogen-bond acceptors (Lipinski definition) is 2. The number of nitrogens with two attached hydrogens (primary N) is 1. The molecule has 2 N–H and O–H groups in total. The first-order valence-corrected chi connectivity index (χ1v) is 8.36. The lowest BCUT2D eigenvalue weighted by molar-refractivity contribution is 0.0771. The van der Waals surface area contributed by atoms with Gasteiger partial charge in [0.2, 0.25) is 0 Å². The van der Waals surface area contributed by atoms with Crippen LogP contribution < -0.4 is 5.73 Å². The van der Waals surface area contributed by atoms with Gasteiger partial charge in [-0.05, 0) is 62.9 Å². The van der Waals surface area contributed by atoms with Gasteiger partial charge in [0, 0.05) is 12.1 Å². The Labute approximate surface area is 128 Å². The van der Waals surface area contributed by atoms with Gasteiger partial charge in [0.15, 0.2) is 0 Å². The second kappa shape index (κ2) is 7.90. The van der Waals surface area contributed by atoms with Crippen LogP contribution in [0.25, 0.3) is 0 Å². The van der Waals surface area contributed by atoms with Crippen LogP contribution in [0.15, 0.2) is 24.3 Å². The fourth-order valence-corrected chi connectivity index (χ4v) is 3.89. The van der Waals surface area contributed by atoms with Gasteiger partial charge in [0.1, 0.15) is 5.82 Å². The first-order valence-electron chi connectivity index (χ1n) is 8.36. The van der Waals surface area contributed by atoms with Crippen molar-refractivity contribution < 1.29 is 4.39 Å². The van der Waals surface area contributed by atoms with Crippen molar-refractivity contribution in [2.24, 2.45) is 11.7 Å². The average molecular weight is 292 g/mol. The van der Waals surface area contributed by atoms with E-state index in [0.717, 1.165) is 25.1 Å². The maximum absolute atomic E-state index is 13.3. The molecule has 1 aromatic rings. The van der Waals surface area contributed by atoms with E-state index in [1.807, 2.05) is 6.07 Å². The molecule has 3 atom stereocenters. The third-order valence-corrected chi connectivity index (χ3v) is 4.95. The Morgan fingerprint density at radius 3 is 2.76 bits per heavy atom. The van der Waals surface area contributed by atoms with Crippen molar-refractivity contribution in [2.45, 2.75) is 58.0 Å². The van der Waals surface area contributed by atoms with Crippen LogP contribution in [0, 0.1) is 11.7 Å². The molecule has 1 aliphatic rings. The maximum Gasteiger partial charge on any atom is 0.123 e.